The van der Waals surface area contributed by atoms with Gasteiger partial charge in [-0.2, -0.15) is 0 Å². The maximum atomic E-state index is 12.6. The zero-order valence-electron chi connectivity index (χ0n) is 8.33. The minimum absolute atomic E-state index is 0.192. The summed E-state index contributed by atoms with van der Waals surface area (Å²) in [5.41, 5.74) is 1.57. The molecule has 0 spiro atoms. The number of carbonyl (C=O) groups is 1. The highest BCUT2D eigenvalue weighted by atomic mass is 19.1. The van der Waals surface area contributed by atoms with Gasteiger partial charge in [-0.1, -0.05) is 26.0 Å². The smallest absolute Gasteiger partial charge is 0.146 e. The van der Waals surface area contributed by atoms with E-state index in [2.05, 4.69) is 0 Å². The first kappa shape index (κ1) is 10.6. The Bertz CT molecular complexity index is 336. The number of rotatable bonds is 3. The van der Waals surface area contributed by atoms with Crippen LogP contribution in [0.15, 0.2) is 29.8 Å². The lowest BCUT2D eigenvalue weighted by Crippen LogP contribution is -1.94. The molecule has 0 aliphatic carbocycles. The molecule has 0 fully saturated rings. The highest BCUT2D eigenvalue weighted by Crippen LogP contribution is 2.12. The predicted molar refractivity (Wildman–Crippen MR) is 55.3 cm³/mol. The Balaban J connectivity index is 2.95. The minimum Gasteiger partial charge on any atom is -0.298 e. The van der Waals surface area contributed by atoms with E-state index >= 15 is 0 Å². The first-order valence-electron chi connectivity index (χ1n) is 4.56. The van der Waals surface area contributed by atoms with Gasteiger partial charge in [0.2, 0.25) is 0 Å². The third-order valence-electron chi connectivity index (χ3n) is 2.01. The number of aldehydes is 1. The van der Waals surface area contributed by atoms with Crippen LogP contribution >= 0.6 is 0 Å². The summed E-state index contributed by atoms with van der Waals surface area (Å²) in [4.78, 5) is 10.7. The van der Waals surface area contributed by atoms with E-state index in [0.717, 1.165) is 17.4 Å². The van der Waals surface area contributed by atoms with Gasteiger partial charge in [0.05, 0.1) is 0 Å². The van der Waals surface area contributed by atoms with Gasteiger partial charge in [0.1, 0.15) is 12.1 Å². The summed E-state index contributed by atoms with van der Waals surface area (Å²) in [5.74, 6) is -0.0723. The fourth-order valence-corrected chi connectivity index (χ4v) is 1.09. The molecule has 0 saturated heterocycles. The molecule has 2 heteroatoms. The van der Waals surface area contributed by atoms with Crippen molar-refractivity contribution in [2.24, 2.45) is 5.92 Å². The molecule has 0 amide bonds. The van der Waals surface area contributed by atoms with Crippen molar-refractivity contribution >= 4 is 12.4 Å². The van der Waals surface area contributed by atoms with E-state index in [-0.39, 0.29) is 11.7 Å². The van der Waals surface area contributed by atoms with Gasteiger partial charge in [0, 0.05) is 0 Å². The van der Waals surface area contributed by atoms with Crippen LogP contribution in [0.1, 0.15) is 19.4 Å². The summed E-state index contributed by atoms with van der Waals surface area (Å²) in [7, 11) is 0. The van der Waals surface area contributed by atoms with E-state index in [0.29, 0.717) is 0 Å². The van der Waals surface area contributed by atoms with Crippen LogP contribution < -0.4 is 0 Å². The van der Waals surface area contributed by atoms with Crippen molar-refractivity contribution in [1.29, 1.82) is 0 Å². The van der Waals surface area contributed by atoms with E-state index in [9.17, 15) is 9.18 Å². The van der Waals surface area contributed by atoms with E-state index in [1.807, 2.05) is 13.8 Å². The quantitative estimate of drug-likeness (QED) is 0.531. The highest BCUT2D eigenvalue weighted by molar-refractivity contribution is 5.82. The standard InChI is InChI=1S/C12H13FO/c1-9(2)11(8-14)7-10-3-5-12(13)6-4-10/h3-9H,1-2H3/b11-7-. The van der Waals surface area contributed by atoms with Crippen molar-refractivity contribution in [1.82, 2.24) is 0 Å². The molecule has 0 N–H and O–H groups in total. The van der Waals surface area contributed by atoms with E-state index in [1.165, 1.54) is 12.1 Å². The van der Waals surface area contributed by atoms with Crippen LogP contribution in [0, 0.1) is 11.7 Å². The van der Waals surface area contributed by atoms with Crippen LogP contribution in [0.25, 0.3) is 6.08 Å². The van der Waals surface area contributed by atoms with Gasteiger partial charge in [-0.15, -0.1) is 0 Å². The normalized spacial score (nSPS) is 11.9. The Morgan fingerprint density at radius 1 is 1.29 bits per heavy atom. The van der Waals surface area contributed by atoms with Crippen molar-refractivity contribution < 1.29 is 9.18 Å². The fourth-order valence-electron chi connectivity index (χ4n) is 1.09. The second kappa shape index (κ2) is 4.70. The molecule has 74 valence electrons. The maximum absolute atomic E-state index is 12.6. The largest absolute Gasteiger partial charge is 0.298 e. The topological polar surface area (TPSA) is 17.1 Å². The fraction of sp³-hybridized carbons (Fsp3) is 0.250. The summed E-state index contributed by atoms with van der Waals surface area (Å²) < 4.78 is 12.6. The lowest BCUT2D eigenvalue weighted by Gasteiger charge is -2.03. The molecule has 0 radical (unpaired) electrons. The van der Waals surface area contributed by atoms with Gasteiger partial charge in [-0.3, -0.25) is 4.79 Å². The molecular weight excluding hydrogens is 179 g/mol. The van der Waals surface area contributed by atoms with Gasteiger partial charge in [-0.25, -0.2) is 4.39 Å². The monoisotopic (exact) mass is 192 g/mol. The summed E-state index contributed by atoms with van der Waals surface area (Å²) in [6, 6.07) is 6.07. The zero-order valence-corrected chi connectivity index (χ0v) is 8.33. The number of halogens is 1. The van der Waals surface area contributed by atoms with Gasteiger partial charge in [-0.05, 0) is 35.3 Å². The van der Waals surface area contributed by atoms with E-state index < -0.39 is 0 Å². The zero-order chi connectivity index (χ0) is 10.6. The predicted octanol–water partition coefficient (Wildman–Crippen LogP) is 3.06. The minimum atomic E-state index is -0.264. The van der Waals surface area contributed by atoms with Crippen LogP contribution in [-0.2, 0) is 4.79 Å². The molecule has 0 aromatic heterocycles. The summed E-state index contributed by atoms with van der Waals surface area (Å²) in [6.07, 6.45) is 2.62. The molecule has 0 heterocycles. The molecule has 0 bridgehead atoms. The van der Waals surface area contributed by atoms with Crippen molar-refractivity contribution in [3.63, 3.8) is 0 Å². The Labute approximate surface area is 83.3 Å². The molecule has 1 nitrogen and oxygen atoms in total. The third-order valence-corrected chi connectivity index (χ3v) is 2.01. The molecule has 1 aromatic rings. The number of carbonyl (C=O) groups excluding carboxylic acids is 1. The van der Waals surface area contributed by atoms with Gasteiger partial charge < -0.3 is 0 Å². The Morgan fingerprint density at radius 2 is 1.86 bits per heavy atom. The van der Waals surface area contributed by atoms with Crippen LogP contribution in [0.5, 0.6) is 0 Å². The number of benzene rings is 1. The number of hydrogen-bond donors (Lipinski definition) is 0. The SMILES string of the molecule is CC(C)/C(C=O)=C\c1ccc(F)cc1. The maximum Gasteiger partial charge on any atom is 0.146 e. The first-order chi connectivity index (χ1) is 6.63. The molecule has 0 saturated carbocycles. The molecule has 1 aromatic carbocycles. The molecule has 0 aliphatic rings. The van der Waals surface area contributed by atoms with Crippen molar-refractivity contribution in [2.45, 2.75) is 13.8 Å². The van der Waals surface area contributed by atoms with Crippen LogP contribution in [-0.4, -0.2) is 6.29 Å². The first-order valence-corrected chi connectivity index (χ1v) is 4.56. The Hall–Kier alpha value is -1.44. The Morgan fingerprint density at radius 3 is 2.29 bits per heavy atom. The second-order valence-electron chi connectivity index (χ2n) is 3.47. The van der Waals surface area contributed by atoms with Crippen molar-refractivity contribution in [3.8, 4) is 0 Å². The van der Waals surface area contributed by atoms with Crippen LogP contribution in [0.4, 0.5) is 4.39 Å². The highest BCUT2D eigenvalue weighted by Gasteiger charge is 2.01. The Kier molecular flexibility index (Phi) is 3.57. The van der Waals surface area contributed by atoms with Crippen molar-refractivity contribution in [3.05, 3.63) is 41.2 Å². The lowest BCUT2D eigenvalue weighted by molar-refractivity contribution is -0.105. The molecule has 14 heavy (non-hydrogen) atoms. The van der Waals surface area contributed by atoms with E-state index in [4.69, 9.17) is 0 Å². The molecule has 0 unspecified atom stereocenters. The molecule has 1 rings (SSSR count). The average Bonchev–Trinajstić information content (AvgIpc) is 2.16. The lowest BCUT2D eigenvalue weighted by atomic mass is 10.0. The molecule has 0 atom stereocenters. The number of hydrogen-bond acceptors (Lipinski definition) is 1. The van der Waals surface area contributed by atoms with Gasteiger partial charge in [0.15, 0.2) is 0 Å². The summed E-state index contributed by atoms with van der Waals surface area (Å²) in [5, 5.41) is 0. The van der Waals surface area contributed by atoms with Gasteiger partial charge >= 0.3 is 0 Å². The van der Waals surface area contributed by atoms with Crippen LogP contribution in [0.2, 0.25) is 0 Å². The van der Waals surface area contributed by atoms with Crippen LogP contribution in [0.3, 0.4) is 0 Å². The van der Waals surface area contributed by atoms with E-state index in [1.54, 1.807) is 18.2 Å². The molecular formula is C12H13FO. The number of allylic oxidation sites excluding steroid dienone is 1. The molecule has 0 aliphatic heterocycles. The van der Waals surface area contributed by atoms with Crippen molar-refractivity contribution in [2.75, 3.05) is 0 Å². The van der Waals surface area contributed by atoms with Gasteiger partial charge in [0.25, 0.3) is 0 Å². The average molecular weight is 192 g/mol. The second-order valence-corrected chi connectivity index (χ2v) is 3.47. The third kappa shape index (κ3) is 2.80. The summed E-state index contributed by atoms with van der Waals surface area (Å²) >= 11 is 0. The summed E-state index contributed by atoms with van der Waals surface area (Å²) in [6.45, 7) is 3.90.